The number of ether oxygens (including phenoxy) is 1. The third kappa shape index (κ3) is 6.93. The van der Waals surface area contributed by atoms with E-state index in [1.54, 1.807) is 0 Å². The first-order valence-electron chi connectivity index (χ1n) is 16.6. The van der Waals surface area contributed by atoms with Crippen LogP contribution in [-0.2, 0) is 4.74 Å². The minimum Gasteiger partial charge on any atom is -0.445 e. The lowest BCUT2D eigenvalue weighted by Crippen LogP contribution is -2.38. The summed E-state index contributed by atoms with van der Waals surface area (Å²) in [6.45, 7) is 0.722. The number of hydrogen-bond acceptors (Lipinski definition) is 3. The van der Waals surface area contributed by atoms with Gasteiger partial charge < -0.3 is 15.4 Å². The molecule has 2 aromatic rings. The zero-order valence-corrected chi connectivity index (χ0v) is 24.4. The Morgan fingerprint density at radius 2 is 1.15 bits per heavy atom. The third-order valence-corrected chi connectivity index (χ3v) is 10.5. The van der Waals surface area contributed by atoms with Crippen molar-refractivity contribution in [2.75, 3.05) is 6.54 Å². The summed E-state index contributed by atoms with van der Waals surface area (Å²) in [7, 11) is 0. The van der Waals surface area contributed by atoms with Crippen molar-refractivity contribution in [3.05, 3.63) is 70.8 Å². The van der Waals surface area contributed by atoms with E-state index in [1.165, 1.54) is 106 Å². The fourth-order valence-electron chi connectivity index (χ4n) is 8.16. The summed E-state index contributed by atoms with van der Waals surface area (Å²) in [5, 5.41) is 6.90. The van der Waals surface area contributed by atoms with Crippen molar-refractivity contribution in [1.29, 1.82) is 0 Å². The number of amides is 1. The average Bonchev–Trinajstić information content (AvgIpc) is 3.47. The highest BCUT2D eigenvalue weighted by molar-refractivity contribution is 5.67. The van der Waals surface area contributed by atoms with Gasteiger partial charge in [0.1, 0.15) is 6.10 Å². The van der Waals surface area contributed by atoms with Crippen LogP contribution < -0.4 is 10.6 Å². The Morgan fingerprint density at radius 1 is 0.675 bits per heavy atom. The van der Waals surface area contributed by atoms with Crippen molar-refractivity contribution >= 4 is 6.09 Å². The van der Waals surface area contributed by atoms with Gasteiger partial charge in [0.05, 0.1) is 0 Å². The number of benzene rings is 2. The summed E-state index contributed by atoms with van der Waals surface area (Å²) in [5.41, 5.74) is 5.76. The van der Waals surface area contributed by atoms with Crippen molar-refractivity contribution in [3.8, 4) is 0 Å². The topological polar surface area (TPSA) is 50.4 Å². The number of alkyl carbamates (subject to hydrolysis) is 1. The minimum atomic E-state index is -0.232. The number of rotatable bonds is 7. The molecule has 40 heavy (non-hydrogen) atoms. The lowest BCUT2D eigenvalue weighted by atomic mass is 9.79. The Kier molecular flexibility index (Phi) is 9.43. The van der Waals surface area contributed by atoms with Crippen LogP contribution >= 0.6 is 0 Å². The smallest absolute Gasteiger partial charge is 0.407 e. The van der Waals surface area contributed by atoms with Crippen molar-refractivity contribution < 1.29 is 9.53 Å². The molecule has 216 valence electrons. The van der Waals surface area contributed by atoms with Crippen molar-refractivity contribution in [3.63, 3.8) is 0 Å². The van der Waals surface area contributed by atoms with Crippen LogP contribution in [0.15, 0.2) is 48.5 Å². The summed E-state index contributed by atoms with van der Waals surface area (Å²) in [6, 6.07) is 19.7. The molecule has 0 radical (unpaired) electrons. The van der Waals surface area contributed by atoms with Crippen LogP contribution in [0.2, 0.25) is 0 Å². The van der Waals surface area contributed by atoms with Gasteiger partial charge in [-0.15, -0.1) is 0 Å². The molecule has 2 atom stereocenters. The summed E-state index contributed by atoms with van der Waals surface area (Å²) >= 11 is 0. The molecule has 4 nitrogen and oxygen atoms in total. The van der Waals surface area contributed by atoms with E-state index in [0.29, 0.717) is 0 Å². The molecular weight excluding hydrogens is 492 g/mol. The molecule has 4 aliphatic rings. The highest BCUT2D eigenvalue weighted by Gasteiger charge is 2.35. The highest BCUT2D eigenvalue weighted by atomic mass is 16.6. The molecule has 1 aliphatic heterocycles. The SMILES string of the molecule is O=C(NC1CCCCC1)O[C@H]1CN[C@@H](C(c2ccc(C3CCCCC3)cc2)c2ccc(C3CCCCC3)cc2)C1. The molecule has 2 aromatic carbocycles. The molecule has 3 aliphatic carbocycles. The van der Waals surface area contributed by atoms with Gasteiger partial charge in [-0.2, -0.15) is 0 Å². The second kappa shape index (κ2) is 13.6. The lowest BCUT2D eigenvalue weighted by Gasteiger charge is -2.28. The summed E-state index contributed by atoms with van der Waals surface area (Å²) in [6.07, 6.45) is 20.0. The van der Waals surface area contributed by atoms with E-state index >= 15 is 0 Å². The van der Waals surface area contributed by atoms with E-state index in [9.17, 15) is 4.79 Å². The van der Waals surface area contributed by atoms with E-state index in [0.717, 1.165) is 37.6 Å². The maximum absolute atomic E-state index is 12.7. The maximum atomic E-state index is 12.7. The second-order valence-corrected chi connectivity index (χ2v) is 13.2. The van der Waals surface area contributed by atoms with E-state index in [4.69, 9.17) is 4.74 Å². The van der Waals surface area contributed by atoms with Crippen LogP contribution in [0.1, 0.15) is 143 Å². The molecule has 6 rings (SSSR count). The summed E-state index contributed by atoms with van der Waals surface area (Å²) < 4.78 is 5.95. The summed E-state index contributed by atoms with van der Waals surface area (Å²) in [5.74, 6) is 1.69. The molecule has 1 saturated heterocycles. The molecule has 0 bridgehead atoms. The van der Waals surface area contributed by atoms with Crippen LogP contribution in [0.5, 0.6) is 0 Å². The van der Waals surface area contributed by atoms with Gasteiger partial charge in [-0.3, -0.25) is 0 Å². The quantitative estimate of drug-likeness (QED) is 0.368. The Morgan fingerprint density at radius 3 is 1.65 bits per heavy atom. The lowest BCUT2D eigenvalue weighted by molar-refractivity contribution is 0.101. The molecular formula is C36H50N2O2. The first kappa shape index (κ1) is 27.8. The van der Waals surface area contributed by atoms with Gasteiger partial charge in [-0.25, -0.2) is 4.79 Å². The molecule has 0 spiro atoms. The molecule has 3 saturated carbocycles. The van der Waals surface area contributed by atoms with Crippen LogP contribution in [0.4, 0.5) is 4.79 Å². The van der Waals surface area contributed by atoms with Crippen molar-refractivity contribution in [2.24, 2.45) is 0 Å². The van der Waals surface area contributed by atoms with Crippen LogP contribution in [-0.4, -0.2) is 30.8 Å². The van der Waals surface area contributed by atoms with Gasteiger partial charge in [0.25, 0.3) is 0 Å². The van der Waals surface area contributed by atoms with Crippen molar-refractivity contribution in [2.45, 2.75) is 139 Å². The molecule has 1 heterocycles. The third-order valence-electron chi connectivity index (χ3n) is 10.5. The predicted molar refractivity (Wildman–Crippen MR) is 163 cm³/mol. The Bertz CT molecular complexity index is 1000. The average molecular weight is 543 g/mol. The highest BCUT2D eigenvalue weighted by Crippen LogP contribution is 2.38. The van der Waals surface area contributed by atoms with Crippen LogP contribution in [0, 0.1) is 0 Å². The second-order valence-electron chi connectivity index (χ2n) is 13.2. The molecule has 4 fully saturated rings. The first-order chi connectivity index (χ1) is 19.7. The standard InChI is InChI=1S/C36H50N2O2/c39-36(38-32-14-8-3-9-15-32)40-33-24-34(37-25-33)35(30-20-16-28(17-21-30)26-10-4-1-5-11-26)31-22-18-29(19-23-31)27-12-6-2-7-13-27/h16-23,26-27,32-35,37H,1-15,24-25H2,(H,38,39)/t33-,34-/m1/s1. The molecule has 0 aromatic heterocycles. The zero-order chi connectivity index (χ0) is 27.1. The predicted octanol–water partition coefficient (Wildman–Crippen LogP) is 8.70. The van der Waals surface area contributed by atoms with E-state index in [2.05, 4.69) is 59.2 Å². The fraction of sp³-hybridized carbons (Fsp3) is 0.639. The Hall–Kier alpha value is -2.33. The van der Waals surface area contributed by atoms with Crippen LogP contribution in [0.3, 0.4) is 0 Å². The van der Waals surface area contributed by atoms with E-state index < -0.39 is 0 Å². The number of hydrogen-bond donors (Lipinski definition) is 2. The van der Waals surface area contributed by atoms with Gasteiger partial charge in [0.2, 0.25) is 0 Å². The van der Waals surface area contributed by atoms with Crippen molar-refractivity contribution in [1.82, 2.24) is 10.6 Å². The number of nitrogens with one attached hydrogen (secondary N) is 2. The van der Waals surface area contributed by atoms with Crippen LogP contribution in [0.25, 0.3) is 0 Å². The largest absolute Gasteiger partial charge is 0.445 e. The van der Waals surface area contributed by atoms with Gasteiger partial charge in [-0.1, -0.05) is 106 Å². The maximum Gasteiger partial charge on any atom is 0.407 e. The van der Waals surface area contributed by atoms with E-state index in [1.807, 2.05) is 0 Å². The van der Waals surface area contributed by atoms with Gasteiger partial charge in [0, 0.05) is 31.0 Å². The summed E-state index contributed by atoms with van der Waals surface area (Å²) in [4.78, 5) is 12.7. The first-order valence-corrected chi connectivity index (χ1v) is 16.6. The zero-order valence-electron chi connectivity index (χ0n) is 24.4. The number of carbonyl (C=O) groups excluding carboxylic acids is 1. The van der Waals surface area contributed by atoms with Gasteiger partial charge in [0.15, 0.2) is 0 Å². The molecule has 2 N–H and O–H groups in total. The fourth-order valence-corrected chi connectivity index (χ4v) is 8.16. The monoisotopic (exact) mass is 542 g/mol. The molecule has 0 unspecified atom stereocenters. The normalized spacial score (nSPS) is 25.2. The number of carbonyl (C=O) groups is 1. The molecule has 1 amide bonds. The minimum absolute atomic E-state index is 0.0842. The Labute approximate surface area is 242 Å². The van der Waals surface area contributed by atoms with Gasteiger partial charge in [-0.05, 0) is 72.6 Å². The Balaban J connectivity index is 1.17. The molecule has 4 heteroatoms. The van der Waals surface area contributed by atoms with E-state index in [-0.39, 0.29) is 30.2 Å². The van der Waals surface area contributed by atoms with Gasteiger partial charge >= 0.3 is 6.09 Å².